The van der Waals surface area contributed by atoms with Gasteiger partial charge in [0.1, 0.15) is 11.8 Å². The molecule has 110 valence electrons. The van der Waals surface area contributed by atoms with Gasteiger partial charge in [0.15, 0.2) is 5.69 Å². The van der Waals surface area contributed by atoms with Gasteiger partial charge in [-0.05, 0) is 18.2 Å². The van der Waals surface area contributed by atoms with Crippen LogP contribution in [0.4, 0.5) is 13.2 Å². The number of halogens is 4. The number of aromatic nitrogens is 3. The van der Waals surface area contributed by atoms with Gasteiger partial charge in [-0.15, -0.1) is 5.10 Å². The molecule has 2 rings (SSSR count). The quantitative estimate of drug-likeness (QED) is 0.873. The third-order valence-corrected chi connectivity index (χ3v) is 2.98. The number of nitriles is 1. The second-order valence-corrected chi connectivity index (χ2v) is 4.41. The monoisotopic (exact) mass is 316 g/mol. The van der Waals surface area contributed by atoms with E-state index in [1.54, 1.807) is 6.07 Å². The Morgan fingerprint density at radius 2 is 2.14 bits per heavy atom. The molecule has 0 radical (unpaired) electrons. The molecule has 1 aromatic carbocycles. The molecule has 0 N–H and O–H groups in total. The summed E-state index contributed by atoms with van der Waals surface area (Å²) in [5.41, 5.74) is -0.650. The number of methoxy groups -OCH3 is 1. The second kappa shape index (κ2) is 5.71. The minimum Gasteiger partial charge on any atom is -0.378 e. The lowest BCUT2D eigenvalue weighted by atomic mass is 10.2. The summed E-state index contributed by atoms with van der Waals surface area (Å²) < 4.78 is 44.6. The van der Waals surface area contributed by atoms with Crippen LogP contribution in [0.5, 0.6) is 0 Å². The first-order valence-corrected chi connectivity index (χ1v) is 5.97. The van der Waals surface area contributed by atoms with Gasteiger partial charge < -0.3 is 4.74 Å². The van der Waals surface area contributed by atoms with E-state index in [1.165, 1.54) is 13.2 Å². The summed E-state index contributed by atoms with van der Waals surface area (Å²) in [5, 5.41) is 15.8. The Bertz CT molecular complexity index is 706. The Balaban J connectivity index is 2.58. The number of hydrogen-bond donors (Lipinski definition) is 0. The lowest BCUT2D eigenvalue weighted by Crippen LogP contribution is -2.09. The van der Waals surface area contributed by atoms with Crippen molar-refractivity contribution in [2.45, 2.75) is 12.8 Å². The first-order valence-electron chi connectivity index (χ1n) is 5.59. The average Bonchev–Trinajstić information content (AvgIpc) is 2.81. The summed E-state index contributed by atoms with van der Waals surface area (Å²) in [6, 6.07) is 5.12. The summed E-state index contributed by atoms with van der Waals surface area (Å²) in [7, 11) is 1.39. The molecule has 0 amide bonds. The molecule has 0 aliphatic heterocycles. The minimum absolute atomic E-state index is 0.0136. The van der Waals surface area contributed by atoms with E-state index in [1.807, 2.05) is 0 Å². The summed E-state index contributed by atoms with van der Waals surface area (Å²) in [6.45, 7) is -0.0140. The van der Waals surface area contributed by atoms with Gasteiger partial charge in [-0.2, -0.15) is 18.4 Å². The van der Waals surface area contributed by atoms with E-state index in [0.717, 1.165) is 16.8 Å². The highest BCUT2D eigenvalue weighted by molar-refractivity contribution is 6.31. The van der Waals surface area contributed by atoms with Crippen molar-refractivity contribution in [3.8, 4) is 11.8 Å². The first kappa shape index (κ1) is 15.3. The van der Waals surface area contributed by atoms with Crippen molar-refractivity contribution < 1.29 is 17.9 Å². The van der Waals surface area contributed by atoms with Crippen molar-refractivity contribution >= 4 is 11.6 Å². The van der Waals surface area contributed by atoms with Gasteiger partial charge in [-0.3, -0.25) is 0 Å². The van der Waals surface area contributed by atoms with Gasteiger partial charge >= 0.3 is 6.18 Å². The smallest absolute Gasteiger partial charge is 0.378 e. The van der Waals surface area contributed by atoms with Crippen LogP contribution < -0.4 is 0 Å². The number of nitrogens with zero attached hydrogens (tertiary/aromatic N) is 4. The summed E-state index contributed by atoms with van der Waals surface area (Å²) in [4.78, 5) is 0. The zero-order valence-corrected chi connectivity index (χ0v) is 11.4. The first-order chi connectivity index (χ1) is 9.88. The lowest BCUT2D eigenvalue weighted by molar-refractivity contribution is -0.137. The summed E-state index contributed by atoms with van der Waals surface area (Å²) in [6.07, 6.45) is -4.59. The Morgan fingerprint density at radius 1 is 1.43 bits per heavy atom. The van der Waals surface area contributed by atoms with Crippen molar-refractivity contribution in [2.24, 2.45) is 0 Å². The minimum atomic E-state index is -4.59. The highest BCUT2D eigenvalue weighted by Gasteiger charge is 2.33. The molecule has 21 heavy (non-hydrogen) atoms. The standard InChI is InChI=1S/C12H8ClF3N4O/c1-21-6-11-10(5-17)18-19-20(11)7-2-3-9(13)8(4-7)12(14,15)16/h2-4H,6H2,1H3. The zero-order chi connectivity index (χ0) is 15.6. The topological polar surface area (TPSA) is 63.7 Å². The fraction of sp³-hybridized carbons (Fsp3) is 0.250. The highest BCUT2D eigenvalue weighted by atomic mass is 35.5. The van der Waals surface area contributed by atoms with E-state index in [0.29, 0.717) is 0 Å². The Kier molecular flexibility index (Phi) is 4.16. The lowest BCUT2D eigenvalue weighted by Gasteiger charge is -2.12. The maximum Gasteiger partial charge on any atom is 0.417 e. The molecule has 2 aromatic rings. The Labute approximate surface area is 122 Å². The predicted molar refractivity (Wildman–Crippen MR) is 66.8 cm³/mol. The van der Waals surface area contributed by atoms with Crippen molar-refractivity contribution in [2.75, 3.05) is 7.11 Å². The number of benzene rings is 1. The molecule has 1 heterocycles. The van der Waals surface area contributed by atoms with E-state index in [-0.39, 0.29) is 23.7 Å². The molecular formula is C12H8ClF3N4O. The van der Waals surface area contributed by atoms with Gasteiger partial charge in [-0.1, -0.05) is 16.8 Å². The molecule has 9 heteroatoms. The largest absolute Gasteiger partial charge is 0.417 e. The second-order valence-electron chi connectivity index (χ2n) is 4.00. The average molecular weight is 317 g/mol. The molecular weight excluding hydrogens is 309 g/mol. The normalized spacial score (nSPS) is 11.4. The van der Waals surface area contributed by atoms with Crippen molar-refractivity contribution in [1.82, 2.24) is 15.0 Å². The van der Waals surface area contributed by atoms with Gasteiger partial charge in [-0.25, -0.2) is 4.68 Å². The SMILES string of the molecule is COCc1c(C#N)nnn1-c1ccc(Cl)c(C(F)(F)F)c1. The van der Waals surface area contributed by atoms with E-state index in [2.05, 4.69) is 10.3 Å². The van der Waals surface area contributed by atoms with Crippen LogP contribution in [0.15, 0.2) is 18.2 Å². The third-order valence-electron chi connectivity index (χ3n) is 2.65. The maximum absolute atomic E-state index is 12.9. The van der Waals surface area contributed by atoms with E-state index in [4.69, 9.17) is 21.6 Å². The maximum atomic E-state index is 12.9. The molecule has 1 aromatic heterocycles. The van der Waals surface area contributed by atoms with Gasteiger partial charge in [0.25, 0.3) is 0 Å². The van der Waals surface area contributed by atoms with Crippen LogP contribution in [-0.2, 0) is 17.5 Å². The molecule has 0 aliphatic carbocycles. The van der Waals surface area contributed by atoms with Crippen molar-refractivity contribution in [1.29, 1.82) is 5.26 Å². The van der Waals surface area contributed by atoms with Crippen LogP contribution in [0, 0.1) is 11.3 Å². The zero-order valence-electron chi connectivity index (χ0n) is 10.6. The van der Waals surface area contributed by atoms with Gasteiger partial charge in [0.2, 0.25) is 0 Å². The van der Waals surface area contributed by atoms with Crippen LogP contribution in [0.25, 0.3) is 5.69 Å². The molecule has 0 spiro atoms. The fourth-order valence-corrected chi connectivity index (χ4v) is 1.95. The Hall–Kier alpha value is -2.11. The number of rotatable bonds is 3. The van der Waals surface area contributed by atoms with E-state index in [9.17, 15) is 13.2 Å². The third kappa shape index (κ3) is 2.99. The van der Waals surface area contributed by atoms with Crippen LogP contribution >= 0.6 is 11.6 Å². The fourth-order valence-electron chi connectivity index (χ4n) is 1.72. The predicted octanol–water partition coefficient (Wildman–Crippen LogP) is 2.96. The molecule has 5 nitrogen and oxygen atoms in total. The van der Waals surface area contributed by atoms with Gasteiger partial charge in [0.05, 0.1) is 22.9 Å². The van der Waals surface area contributed by atoms with E-state index < -0.39 is 16.8 Å². The number of ether oxygens (including phenoxy) is 1. The highest BCUT2D eigenvalue weighted by Crippen LogP contribution is 2.35. The van der Waals surface area contributed by atoms with Crippen LogP contribution in [0.1, 0.15) is 17.0 Å². The van der Waals surface area contributed by atoms with E-state index >= 15 is 0 Å². The Morgan fingerprint density at radius 3 is 2.71 bits per heavy atom. The molecule has 0 bridgehead atoms. The van der Waals surface area contributed by atoms with Crippen LogP contribution in [0.2, 0.25) is 5.02 Å². The molecule has 0 atom stereocenters. The molecule has 0 saturated heterocycles. The number of hydrogen-bond acceptors (Lipinski definition) is 4. The molecule has 0 unspecified atom stereocenters. The van der Waals surface area contributed by atoms with Crippen LogP contribution in [-0.4, -0.2) is 22.1 Å². The molecule has 0 aliphatic rings. The summed E-state index contributed by atoms with van der Waals surface area (Å²) >= 11 is 5.56. The van der Waals surface area contributed by atoms with Crippen molar-refractivity contribution in [3.05, 3.63) is 40.2 Å². The van der Waals surface area contributed by atoms with Crippen molar-refractivity contribution in [3.63, 3.8) is 0 Å². The van der Waals surface area contributed by atoms with Gasteiger partial charge in [0, 0.05) is 7.11 Å². The van der Waals surface area contributed by atoms with Crippen LogP contribution in [0.3, 0.4) is 0 Å². The number of alkyl halides is 3. The molecule has 0 saturated carbocycles. The summed E-state index contributed by atoms with van der Waals surface area (Å²) in [5.74, 6) is 0. The molecule has 0 fully saturated rings.